The van der Waals surface area contributed by atoms with Crippen LogP contribution in [-0.2, 0) is 27.2 Å². The Morgan fingerprint density at radius 1 is 1.18 bits per heavy atom. The van der Waals surface area contributed by atoms with Crippen molar-refractivity contribution in [3.05, 3.63) is 0 Å². The third-order valence-corrected chi connectivity index (χ3v) is 1.48. The minimum Gasteiger partial charge on any atom is -0.550 e. The van der Waals surface area contributed by atoms with E-state index >= 15 is 0 Å². The number of aliphatic carboxylic acids is 1. The van der Waals surface area contributed by atoms with Gasteiger partial charge in [-0.05, 0) is 12.8 Å². The van der Waals surface area contributed by atoms with Gasteiger partial charge in [0.2, 0.25) is 0 Å². The molecule has 0 aliphatic rings. The van der Waals surface area contributed by atoms with Gasteiger partial charge in [0.25, 0.3) is 0 Å². The molecule has 0 heterocycles. The van der Waals surface area contributed by atoms with Gasteiger partial charge in [0.05, 0.1) is 0 Å². The van der Waals surface area contributed by atoms with Crippen LogP contribution in [0.3, 0.4) is 0 Å². The summed E-state index contributed by atoms with van der Waals surface area (Å²) in [5, 5.41) is 9.92. The van der Waals surface area contributed by atoms with E-state index in [4.69, 9.17) is 0 Å². The molecule has 0 saturated carbocycles. The standard InChI is InChI=1S/C8H16O2.Ag/c1-2-3-4-5-6-7-8(9)10;/h2-7H2,1H3,(H,9,10);/q;+1/p-1. The predicted molar refractivity (Wildman–Crippen MR) is 38.4 cm³/mol. The van der Waals surface area contributed by atoms with Crippen molar-refractivity contribution in [3.8, 4) is 0 Å². The molecule has 0 aromatic heterocycles. The predicted octanol–water partition coefficient (Wildman–Crippen LogP) is 1.09. The van der Waals surface area contributed by atoms with Crippen LogP contribution in [0, 0.1) is 0 Å². The summed E-state index contributed by atoms with van der Waals surface area (Å²) in [5.74, 6) is -0.920. The number of carbonyl (C=O) groups is 1. The Labute approximate surface area is 83.9 Å². The first-order valence-corrected chi connectivity index (χ1v) is 3.97. The Morgan fingerprint density at radius 3 is 2.18 bits per heavy atom. The summed E-state index contributed by atoms with van der Waals surface area (Å²) in [6.45, 7) is 2.14. The minimum absolute atomic E-state index is 0. The topological polar surface area (TPSA) is 40.1 Å². The SMILES string of the molecule is CCCCCCCC(=O)[O-].[Ag+]. The van der Waals surface area contributed by atoms with Gasteiger partial charge in [-0.15, -0.1) is 0 Å². The molecule has 0 aromatic rings. The smallest absolute Gasteiger partial charge is 0.550 e. The summed E-state index contributed by atoms with van der Waals surface area (Å²) in [7, 11) is 0. The average Bonchev–Trinajstić information content (AvgIpc) is 1.87. The maximum absolute atomic E-state index is 9.92. The number of carbonyl (C=O) groups excluding carboxylic acids is 1. The molecule has 0 spiro atoms. The molecule has 0 saturated heterocycles. The molecule has 0 bridgehead atoms. The van der Waals surface area contributed by atoms with Gasteiger partial charge in [0.15, 0.2) is 0 Å². The van der Waals surface area contributed by atoms with Crippen LogP contribution in [0.25, 0.3) is 0 Å². The van der Waals surface area contributed by atoms with E-state index in [1.807, 2.05) is 0 Å². The maximum atomic E-state index is 9.92. The second-order valence-electron chi connectivity index (χ2n) is 2.54. The average molecular weight is 251 g/mol. The third-order valence-electron chi connectivity index (χ3n) is 1.48. The van der Waals surface area contributed by atoms with E-state index in [-0.39, 0.29) is 28.8 Å². The number of carboxylic acid groups (broad SMARTS) is 1. The second kappa shape index (κ2) is 10.2. The normalized spacial score (nSPS) is 8.82. The molecule has 0 atom stereocenters. The molecule has 0 N–H and O–H groups in total. The fourth-order valence-corrected chi connectivity index (χ4v) is 0.873. The fourth-order valence-electron chi connectivity index (χ4n) is 0.873. The molecule has 70 valence electrons. The van der Waals surface area contributed by atoms with Crippen molar-refractivity contribution < 1.29 is 32.3 Å². The summed E-state index contributed by atoms with van der Waals surface area (Å²) in [5.41, 5.74) is 0. The summed E-state index contributed by atoms with van der Waals surface area (Å²) < 4.78 is 0. The Balaban J connectivity index is 0. The first-order valence-electron chi connectivity index (χ1n) is 3.97. The van der Waals surface area contributed by atoms with E-state index in [9.17, 15) is 9.90 Å². The van der Waals surface area contributed by atoms with Gasteiger partial charge < -0.3 is 9.90 Å². The molecule has 0 radical (unpaired) electrons. The van der Waals surface area contributed by atoms with Gasteiger partial charge in [0.1, 0.15) is 0 Å². The van der Waals surface area contributed by atoms with Crippen LogP contribution in [0.2, 0.25) is 0 Å². The van der Waals surface area contributed by atoms with Gasteiger partial charge in [0, 0.05) is 5.97 Å². The fraction of sp³-hybridized carbons (Fsp3) is 0.875. The molecule has 11 heavy (non-hydrogen) atoms. The van der Waals surface area contributed by atoms with Crippen LogP contribution in [0.4, 0.5) is 0 Å². The molecule has 0 amide bonds. The first-order chi connectivity index (χ1) is 4.77. The Kier molecular flexibility index (Phi) is 12.8. The van der Waals surface area contributed by atoms with Crippen LogP contribution in [0.1, 0.15) is 45.4 Å². The van der Waals surface area contributed by atoms with E-state index in [0.717, 1.165) is 19.3 Å². The van der Waals surface area contributed by atoms with Crippen molar-refractivity contribution in [1.82, 2.24) is 0 Å². The monoisotopic (exact) mass is 250 g/mol. The van der Waals surface area contributed by atoms with Gasteiger partial charge in [-0.3, -0.25) is 0 Å². The van der Waals surface area contributed by atoms with Crippen molar-refractivity contribution >= 4 is 5.97 Å². The van der Waals surface area contributed by atoms with E-state index in [0.29, 0.717) is 0 Å². The minimum atomic E-state index is -0.920. The zero-order valence-corrected chi connectivity index (χ0v) is 8.34. The van der Waals surface area contributed by atoms with Crippen LogP contribution in [0.5, 0.6) is 0 Å². The summed E-state index contributed by atoms with van der Waals surface area (Å²) in [6.07, 6.45) is 5.61. The molecule has 0 aliphatic carbocycles. The molecule has 2 nitrogen and oxygen atoms in total. The summed E-state index contributed by atoms with van der Waals surface area (Å²) >= 11 is 0. The Hall–Kier alpha value is 0.210. The van der Waals surface area contributed by atoms with E-state index in [2.05, 4.69) is 6.92 Å². The second-order valence-corrected chi connectivity index (χ2v) is 2.54. The van der Waals surface area contributed by atoms with Crippen LogP contribution in [0.15, 0.2) is 0 Å². The molecule has 3 heteroatoms. The van der Waals surface area contributed by atoms with Gasteiger partial charge >= 0.3 is 22.4 Å². The number of unbranched alkanes of at least 4 members (excludes halogenated alkanes) is 4. The van der Waals surface area contributed by atoms with Crippen molar-refractivity contribution in [3.63, 3.8) is 0 Å². The number of carboxylic acids is 1. The van der Waals surface area contributed by atoms with Crippen molar-refractivity contribution in [2.45, 2.75) is 45.4 Å². The molecule has 0 unspecified atom stereocenters. The molecule has 0 aliphatic heterocycles. The molecule has 0 fully saturated rings. The Bertz CT molecular complexity index is 94.1. The van der Waals surface area contributed by atoms with Gasteiger partial charge in [-0.1, -0.05) is 32.6 Å². The molecular weight excluding hydrogens is 236 g/mol. The number of hydrogen-bond donors (Lipinski definition) is 0. The molecular formula is C8H15AgO2. The summed E-state index contributed by atoms with van der Waals surface area (Å²) in [6, 6.07) is 0. The number of hydrogen-bond acceptors (Lipinski definition) is 2. The largest absolute Gasteiger partial charge is 1.00 e. The van der Waals surface area contributed by atoms with Crippen LogP contribution in [-0.4, -0.2) is 5.97 Å². The quantitative estimate of drug-likeness (QED) is 0.523. The third kappa shape index (κ3) is 13.2. The van der Waals surface area contributed by atoms with Gasteiger partial charge in [-0.25, -0.2) is 0 Å². The van der Waals surface area contributed by atoms with E-state index in [1.165, 1.54) is 12.8 Å². The Morgan fingerprint density at radius 2 is 1.73 bits per heavy atom. The maximum Gasteiger partial charge on any atom is 1.00 e. The number of rotatable bonds is 6. The van der Waals surface area contributed by atoms with Crippen LogP contribution < -0.4 is 5.11 Å². The summed E-state index contributed by atoms with van der Waals surface area (Å²) in [4.78, 5) is 9.92. The van der Waals surface area contributed by atoms with Crippen molar-refractivity contribution in [1.29, 1.82) is 0 Å². The van der Waals surface area contributed by atoms with E-state index in [1.54, 1.807) is 0 Å². The first kappa shape index (κ1) is 13.8. The zero-order chi connectivity index (χ0) is 7.82. The van der Waals surface area contributed by atoms with Crippen molar-refractivity contribution in [2.75, 3.05) is 0 Å². The zero-order valence-electron chi connectivity index (χ0n) is 6.86. The van der Waals surface area contributed by atoms with Crippen LogP contribution >= 0.6 is 0 Å². The van der Waals surface area contributed by atoms with E-state index < -0.39 is 5.97 Å². The van der Waals surface area contributed by atoms with Crippen molar-refractivity contribution in [2.24, 2.45) is 0 Å². The molecule has 0 rings (SSSR count). The van der Waals surface area contributed by atoms with Gasteiger partial charge in [-0.2, -0.15) is 0 Å². The molecule has 0 aromatic carbocycles.